The number of halogens is 1. The topological polar surface area (TPSA) is 69.2 Å². The minimum absolute atomic E-state index is 0.176. The molecule has 7 heteroatoms. The standard InChI is InChI=1S/C18H19ClN2O4/c1-23-16-7-6-14(9-17(16)24-2)11-21-25-12-18(22)20-10-13-4-3-5-15(19)8-13/h3-9,11H,10,12H2,1-2H3,(H,20,22)/b21-11+. The van der Waals surface area contributed by atoms with Crippen molar-refractivity contribution < 1.29 is 19.1 Å². The second-order valence-electron chi connectivity index (χ2n) is 5.03. The van der Waals surface area contributed by atoms with Crippen LogP contribution in [0.1, 0.15) is 11.1 Å². The summed E-state index contributed by atoms with van der Waals surface area (Å²) in [5, 5.41) is 7.13. The summed E-state index contributed by atoms with van der Waals surface area (Å²) in [6.45, 7) is 0.201. The zero-order valence-electron chi connectivity index (χ0n) is 14.0. The lowest BCUT2D eigenvalue weighted by Gasteiger charge is -2.07. The molecular formula is C18H19ClN2O4. The van der Waals surface area contributed by atoms with E-state index in [-0.39, 0.29) is 12.5 Å². The van der Waals surface area contributed by atoms with Crippen molar-refractivity contribution in [3.05, 3.63) is 58.6 Å². The van der Waals surface area contributed by atoms with E-state index in [1.54, 1.807) is 44.6 Å². The Hall–Kier alpha value is -2.73. The number of methoxy groups -OCH3 is 2. The molecule has 0 unspecified atom stereocenters. The lowest BCUT2D eigenvalue weighted by molar-refractivity contribution is -0.125. The van der Waals surface area contributed by atoms with Crippen molar-refractivity contribution in [1.29, 1.82) is 0 Å². The Morgan fingerprint density at radius 2 is 1.96 bits per heavy atom. The molecule has 0 aliphatic heterocycles. The third kappa shape index (κ3) is 6.00. The van der Waals surface area contributed by atoms with Crippen molar-refractivity contribution >= 4 is 23.7 Å². The van der Waals surface area contributed by atoms with Crippen molar-refractivity contribution in [1.82, 2.24) is 5.32 Å². The Kier molecular flexibility index (Phi) is 7.10. The molecule has 0 fully saturated rings. The lowest BCUT2D eigenvalue weighted by Crippen LogP contribution is -2.26. The van der Waals surface area contributed by atoms with Gasteiger partial charge in [-0.25, -0.2) is 0 Å². The Morgan fingerprint density at radius 1 is 1.16 bits per heavy atom. The van der Waals surface area contributed by atoms with Gasteiger partial charge in [0.25, 0.3) is 5.91 Å². The van der Waals surface area contributed by atoms with Gasteiger partial charge in [0, 0.05) is 17.1 Å². The minimum atomic E-state index is -0.274. The number of hydrogen-bond acceptors (Lipinski definition) is 5. The van der Waals surface area contributed by atoms with E-state index >= 15 is 0 Å². The highest BCUT2D eigenvalue weighted by Gasteiger charge is 2.04. The van der Waals surface area contributed by atoms with E-state index in [1.165, 1.54) is 6.21 Å². The summed E-state index contributed by atoms with van der Waals surface area (Å²) in [5.41, 5.74) is 1.67. The Morgan fingerprint density at radius 3 is 2.68 bits per heavy atom. The molecule has 2 rings (SSSR count). The molecule has 0 radical (unpaired) electrons. The normalized spacial score (nSPS) is 10.5. The summed E-state index contributed by atoms with van der Waals surface area (Å²) in [6.07, 6.45) is 1.49. The van der Waals surface area contributed by atoms with Gasteiger partial charge in [0.1, 0.15) is 0 Å². The molecule has 0 atom stereocenters. The monoisotopic (exact) mass is 362 g/mol. The Balaban J connectivity index is 1.77. The number of nitrogens with zero attached hydrogens (tertiary/aromatic N) is 1. The molecule has 1 N–H and O–H groups in total. The molecular weight excluding hydrogens is 344 g/mol. The number of ether oxygens (including phenoxy) is 2. The van der Waals surface area contributed by atoms with Gasteiger partial charge >= 0.3 is 0 Å². The van der Waals surface area contributed by atoms with Crippen molar-refractivity contribution in [3.8, 4) is 11.5 Å². The molecule has 132 valence electrons. The van der Waals surface area contributed by atoms with Gasteiger partial charge in [-0.05, 0) is 35.9 Å². The highest BCUT2D eigenvalue weighted by Crippen LogP contribution is 2.26. The zero-order chi connectivity index (χ0) is 18.1. The van der Waals surface area contributed by atoms with Crippen molar-refractivity contribution in [2.45, 2.75) is 6.54 Å². The van der Waals surface area contributed by atoms with Gasteiger partial charge in [-0.3, -0.25) is 4.79 Å². The molecule has 0 spiro atoms. The van der Waals surface area contributed by atoms with E-state index in [2.05, 4.69) is 10.5 Å². The van der Waals surface area contributed by atoms with Gasteiger partial charge in [-0.2, -0.15) is 0 Å². The average molecular weight is 363 g/mol. The van der Waals surface area contributed by atoms with Crippen LogP contribution in [-0.4, -0.2) is 32.9 Å². The fourth-order valence-corrected chi connectivity index (χ4v) is 2.24. The van der Waals surface area contributed by atoms with Crippen LogP contribution >= 0.6 is 11.6 Å². The highest BCUT2D eigenvalue weighted by atomic mass is 35.5. The van der Waals surface area contributed by atoms with Crippen LogP contribution in [0.5, 0.6) is 11.5 Å². The molecule has 25 heavy (non-hydrogen) atoms. The third-order valence-electron chi connectivity index (χ3n) is 3.26. The van der Waals surface area contributed by atoms with E-state index in [0.717, 1.165) is 11.1 Å². The van der Waals surface area contributed by atoms with Crippen LogP contribution in [0.2, 0.25) is 5.02 Å². The third-order valence-corrected chi connectivity index (χ3v) is 3.49. The molecule has 0 bridgehead atoms. The van der Waals surface area contributed by atoms with Gasteiger partial charge < -0.3 is 19.6 Å². The second kappa shape index (κ2) is 9.54. The van der Waals surface area contributed by atoms with E-state index in [1.807, 2.05) is 12.1 Å². The second-order valence-corrected chi connectivity index (χ2v) is 5.47. The first-order chi connectivity index (χ1) is 12.1. The predicted molar refractivity (Wildman–Crippen MR) is 96.4 cm³/mol. The maximum Gasteiger partial charge on any atom is 0.261 e. The predicted octanol–water partition coefficient (Wildman–Crippen LogP) is 3.02. The first kappa shape index (κ1) is 18.6. The number of amides is 1. The van der Waals surface area contributed by atoms with Crippen LogP contribution in [0.3, 0.4) is 0 Å². The van der Waals surface area contributed by atoms with Crippen LogP contribution in [0.25, 0.3) is 0 Å². The van der Waals surface area contributed by atoms with Gasteiger partial charge in [-0.1, -0.05) is 28.9 Å². The summed E-state index contributed by atoms with van der Waals surface area (Å²) in [6, 6.07) is 12.6. The van der Waals surface area contributed by atoms with E-state index in [4.69, 9.17) is 25.9 Å². The Bertz CT molecular complexity index is 750. The van der Waals surface area contributed by atoms with Gasteiger partial charge in [0.05, 0.1) is 20.4 Å². The smallest absolute Gasteiger partial charge is 0.261 e. The number of rotatable bonds is 8. The molecule has 0 heterocycles. The maximum absolute atomic E-state index is 11.7. The van der Waals surface area contributed by atoms with E-state index in [9.17, 15) is 4.79 Å². The number of oxime groups is 1. The van der Waals surface area contributed by atoms with Gasteiger partial charge in [0.2, 0.25) is 0 Å². The summed E-state index contributed by atoms with van der Waals surface area (Å²) >= 11 is 5.89. The molecule has 2 aromatic rings. The SMILES string of the molecule is COc1ccc(/C=N/OCC(=O)NCc2cccc(Cl)c2)cc1OC. The molecule has 0 saturated heterocycles. The van der Waals surface area contributed by atoms with E-state index < -0.39 is 0 Å². The fourth-order valence-electron chi connectivity index (χ4n) is 2.03. The molecule has 0 aromatic heterocycles. The zero-order valence-corrected chi connectivity index (χ0v) is 14.7. The van der Waals surface area contributed by atoms with Gasteiger partial charge in [-0.15, -0.1) is 0 Å². The molecule has 2 aromatic carbocycles. The van der Waals surface area contributed by atoms with Crippen LogP contribution < -0.4 is 14.8 Å². The van der Waals surface area contributed by atoms with Crippen molar-refractivity contribution in [3.63, 3.8) is 0 Å². The molecule has 0 aliphatic rings. The number of carbonyl (C=O) groups is 1. The molecule has 6 nitrogen and oxygen atoms in total. The summed E-state index contributed by atoms with van der Waals surface area (Å²) < 4.78 is 10.4. The van der Waals surface area contributed by atoms with Gasteiger partial charge in [0.15, 0.2) is 18.1 Å². The first-order valence-corrected chi connectivity index (χ1v) is 7.88. The molecule has 0 saturated carbocycles. The summed E-state index contributed by atoms with van der Waals surface area (Å²) in [4.78, 5) is 16.7. The van der Waals surface area contributed by atoms with Crippen molar-refractivity contribution in [2.75, 3.05) is 20.8 Å². The number of benzene rings is 2. The van der Waals surface area contributed by atoms with Crippen LogP contribution in [-0.2, 0) is 16.2 Å². The lowest BCUT2D eigenvalue weighted by atomic mass is 10.2. The minimum Gasteiger partial charge on any atom is -0.493 e. The number of hydrogen-bond donors (Lipinski definition) is 1. The van der Waals surface area contributed by atoms with Crippen molar-refractivity contribution in [2.24, 2.45) is 5.16 Å². The van der Waals surface area contributed by atoms with Crippen LogP contribution in [0.4, 0.5) is 0 Å². The number of carbonyl (C=O) groups excluding carboxylic acids is 1. The summed E-state index contributed by atoms with van der Waals surface area (Å²) in [5.74, 6) is 0.941. The average Bonchev–Trinajstić information content (AvgIpc) is 2.63. The molecule has 0 aliphatic carbocycles. The largest absolute Gasteiger partial charge is 0.493 e. The number of nitrogens with one attached hydrogen (secondary N) is 1. The fraction of sp³-hybridized carbons (Fsp3) is 0.222. The quantitative estimate of drug-likeness (QED) is 0.579. The molecule has 1 amide bonds. The van der Waals surface area contributed by atoms with Crippen LogP contribution in [0, 0.1) is 0 Å². The van der Waals surface area contributed by atoms with Crippen LogP contribution in [0.15, 0.2) is 47.6 Å². The Labute approximate surface area is 151 Å². The first-order valence-electron chi connectivity index (χ1n) is 7.51. The van der Waals surface area contributed by atoms with E-state index in [0.29, 0.717) is 23.1 Å². The highest BCUT2D eigenvalue weighted by molar-refractivity contribution is 6.30. The maximum atomic E-state index is 11.7. The summed E-state index contributed by atoms with van der Waals surface area (Å²) in [7, 11) is 3.12.